The van der Waals surface area contributed by atoms with Crippen LogP contribution < -0.4 is 10.2 Å². The normalized spacial score (nSPS) is 14.9. The predicted molar refractivity (Wildman–Crippen MR) is 143 cm³/mol. The number of esters is 1. The fourth-order valence-electron chi connectivity index (χ4n) is 4.42. The van der Waals surface area contributed by atoms with Gasteiger partial charge in [-0.25, -0.2) is 4.79 Å². The van der Waals surface area contributed by atoms with Crippen molar-refractivity contribution < 1.29 is 19.1 Å². The van der Waals surface area contributed by atoms with E-state index in [1.54, 1.807) is 25.1 Å². The Morgan fingerprint density at radius 2 is 1.61 bits per heavy atom. The number of aromatic nitrogens is 1. The molecule has 7 nitrogen and oxygen atoms in total. The molecule has 1 aliphatic rings. The molecule has 1 aliphatic heterocycles. The van der Waals surface area contributed by atoms with Crippen LogP contribution in [0.2, 0.25) is 0 Å². The first-order valence-corrected chi connectivity index (χ1v) is 12.0. The van der Waals surface area contributed by atoms with Gasteiger partial charge < -0.3 is 9.30 Å². The van der Waals surface area contributed by atoms with E-state index in [0.717, 1.165) is 33.8 Å². The first-order chi connectivity index (χ1) is 17.1. The van der Waals surface area contributed by atoms with Crippen molar-refractivity contribution >= 4 is 46.9 Å². The highest BCUT2D eigenvalue weighted by Crippen LogP contribution is 2.27. The number of thiocarbonyl (C=S) groups is 1. The second-order valence-electron chi connectivity index (χ2n) is 8.73. The molecule has 1 N–H and O–H groups in total. The zero-order chi connectivity index (χ0) is 26.1. The van der Waals surface area contributed by atoms with Gasteiger partial charge in [-0.05, 0) is 112 Å². The number of nitrogens with one attached hydrogen (secondary N) is 1. The Bertz CT molecular complexity index is 1410. The molecule has 0 unspecified atom stereocenters. The highest BCUT2D eigenvalue weighted by atomic mass is 32.1. The van der Waals surface area contributed by atoms with Crippen molar-refractivity contribution in [2.75, 3.05) is 11.5 Å². The summed E-state index contributed by atoms with van der Waals surface area (Å²) < 4.78 is 7.05. The Kier molecular flexibility index (Phi) is 6.90. The maximum Gasteiger partial charge on any atom is 0.338 e. The number of hydrogen-bond donors (Lipinski definition) is 1. The van der Waals surface area contributed by atoms with Crippen molar-refractivity contribution in [3.8, 4) is 5.69 Å². The van der Waals surface area contributed by atoms with Crippen LogP contribution in [0.3, 0.4) is 0 Å². The van der Waals surface area contributed by atoms with Gasteiger partial charge in [-0.1, -0.05) is 6.07 Å². The smallest absolute Gasteiger partial charge is 0.338 e. The first kappa shape index (κ1) is 25.1. The van der Waals surface area contributed by atoms with Crippen molar-refractivity contribution in [2.24, 2.45) is 0 Å². The van der Waals surface area contributed by atoms with Gasteiger partial charge in [0.15, 0.2) is 5.11 Å². The summed E-state index contributed by atoms with van der Waals surface area (Å²) in [6.07, 6.45) is 1.60. The average Bonchev–Trinajstić information content (AvgIpc) is 3.08. The number of amides is 2. The Morgan fingerprint density at radius 3 is 2.22 bits per heavy atom. The number of carbonyl (C=O) groups excluding carboxylic acids is 3. The molecule has 184 valence electrons. The molecule has 8 heteroatoms. The quantitative estimate of drug-likeness (QED) is 0.237. The van der Waals surface area contributed by atoms with E-state index in [1.165, 1.54) is 4.90 Å². The molecule has 0 saturated carbocycles. The Morgan fingerprint density at radius 1 is 0.972 bits per heavy atom. The van der Waals surface area contributed by atoms with Gasteiger partial charge in [0.2, 0.25) is 0 Å². The molecule has 2 aromatic carbocycles. The summed E-state index contributed by atoms with van der Waals surface area (Å²) >= 11 is 5.34. The number of carbonyl (C=O) groups is 3. The maximum absolute atomic E-state index is 13.5. The van der Waals surface area contributed by atoms with Crippen LogP contribution in [0, 0.1) is 27.7 Å². The van der Waals surface area contributed by atoms with Gasteiger partial charge in [-0.3, -0.25) is 19.8 Å². The zero-order valence-electron chi connectivity index (χ0n) is 20.8. The van der Waals surface area contributed by atoms with Crippen LogP contribution in [-0.4, -0.2) is 34.1 Å². The molecule has 1 saturated heterocycles. The van der Waals surface area contributed by atoms with Crippen LogP contribution in [0.15, 0.2) is 54.1 Å². The van der Waals surface area contributed by atoms with Gasteiger partial charge in [-0.2, -0.15) is 0 Å². The van der Waals surface area contributed by atoms with Crippen LogP contribution >= 0.6 is 12.2 Å². The number of aryl methyl sites for hydroxylation is 3. The molecule has 0 radical (unpaired) electrons. The molecule has 0 atom stereocenters. The lowest BCUT2D eigenvalue weighted by atomic mass is 10.1. The monoisotopic (exact) mass is 501 g/mol. The maximum atomic E-state index is 13.5. The summed E-state index contributed by atoms with van der Waals surface area (Å²) in [5.74, 6) is -1.38. The Labute approximate surface area is 215 Å². The van der Waals surface area contributed by atoms with Crippen LogP contribution in [0.5, 0.6) is 0 Å². The lowest BCUT2D eigenvalue weighted by Crippen LogP contribution is -2.54. The molecule has 2 amide bonds. The second kappa shape index (κ2) is 9.91. The largest absolute Gasteiger partial charge is 0.462 e. The van der Waals surface area contributed by atoms with E-state index in [4.69, 9.17) is 17.0 Å². The Hall–Kier alpha value is -4.04. The van der Waals surface area contributed by atoms with Crippen LogP contribution in [0.4, 0.5) is 5.69 Å². The molecular formula is C28H27N3O4S. The van der Waals surface area contributed by atoms with Gasteiger partial charge in [0.05, 0.1) is 17.9 Å². The predicted octanol–water partition coefficient (Wildman–Crippen LogP) is 4.72. The topological polar surface area (TPSA) is 80.6 Å². The Balaban J connectivity index is 1.71. The van der Waals surface area contributed by atoms with Crippen molar-refractivity contribution in [3.05, 3.63) is 87.7 Å². The lowest BCUT2D eigenvalue weighted by Gasteiger charge is -2.29. The van der Waals surface area contributed by atoms with E-state index in [2.05, 4.69) is 5.32 Å². The molecule has 0 bridgehead atoms. The summed E-state index contributed by atoms with van der Waals surface area (Å²) in [6.45, 7) is 9.81. The highest BCUT2D eigenvalue weighted by Gasteiger charge is 2.35. The highest BCUT2D eigenvalue weighted by molar-refractivity contribution is 7.80. The second-order valence-corrected chi connectivity index (χ2v) is 9.12. The zero-order valence-corrected chi connectivity index (χ0v) is 21.7. The summed E-state index contributed by atoms with van der Waals surface area (Å²) in [7, 11) is 0. The number of ether oxygens (including phenoxy) is 1. The van der Waals surface area contributed by atoms with Crippen LogP contribution in [0.25, 0.3) is 11.8 Å². The van der Waals surface area contributed by atoms with E-state index >= 15 is 0 Å². The standard InChI is InChI=1S/C28H27N3O4S/c1-6-35-27(34)20-7-9-22(10-8-20)30-18(4)14-21(19(30)5)15-24-25(32)29-28(36)31(26(24)33)23-12-16(2)11-17(3)13-23/h7-15H,6H2,1-5H3,(H,29,32,36). The molecule has 3 aromatic rings. The minimum absolute atomic E-state index is 0.000619. The third kappa shape index (κ3) is 4.72. The van der Waals surface area contributed by atoms with Gasteiger partial charge in [0.25, 0.3) is 11.8 Å². The third-order valence-corrected chi connectivity index (χ3v) is 6.26. The number of anilines is 1. The third-order valence-electron chi connectivity index (χ3n) is 5.97. The van der Waals surface area contributed by atoms with Crippen LogP contribution in [-0.2, 0) is 14.3 Å². The van der Waals surface area contributed by atoms with E-state index in [-0.39, 0.29) is 16.7 Å². The molecule has 36 heavy (non-hydrogen) atoms. The van der Waals surface area contributed by atoms with E-state index in [1.807, 2.05) is 68.7 Å². The fourth-order valence-corrected chi connectivity index (χ4v) is 4.70. The number of rotatable bonds is 5. The molecule has 0 spiro atoms. The van der Waals surface area contributed by atoms with Crippen molar-refractivity contribution in [3.63, 3.8) is 0 Å². The molecule has 1 aromatic heterocycles. The summed E-state index contributed by atoms with van der Waals surface area (Å²) in [5.41, 5.74) is 6.39. The summed E-state index contributed by atoms with van der Waals surface area (Å²) in [6, 6.07) is 14.7. The van der Waals surface area contributed by atoms with Gasteiger partial charge >= 0.3 is 5.97 Å². The number of hydrogen-bond acceptors (Lipinski definition) is 5. The van der Waals surface area contributed by atoms with Crippen molar-refractivity contribution in [2.45, 2.75) is 34.6 Å². The molecule has 0 aliphatic carbocycles. The first-order valence-electron chi connectivity index (χ1n) is 11.6. The minimum atomic E-state index is -0.533. The minimum Gasteiger partial charge on any atom is -0.462 e. The molecule has 1 fully saturated rings. The molecule has 2 heterocycles. The molecular weight excluding hydrogens is 474 g/mol. The van der Waals surface area contributed by atoms with Gasteiger partial charge in [-0.15, -0.1) is 0 Å². The summed E-state index contributed by atoms with van der Waals surface area (Å²) in [5, 5.41) is 2.70. The van der Waals surface area contributed by atoms with E-state index < -0.39 is 11.8 Å². The lowest BCUT2D eigenvalue weighted by molar-refractivity contribution is -0.122. The van der Waals surface area contributed by atoms with Crippen molar-refractivity contribution in [1.29, 1.82) is 0 Å². The van der Waals surface area contributed by atoms with Crippen LogP contribution in [0.1, 0.15) is 45.4 Å². The number of benzene rings is 2. The van der Waals surface area contributed by atoms with E-state index in [9.17, 15) is 14.4 Å². The van der Waals surface area contributed by atoms with Crippen molar-refractivity contribution in [1.82, 2.24) is 9.88 Å². The average molecular weight is 502 g/mol. The fraction of sp³-hybridized carbons (Fsp3) is 0.214. The molecule has 4 rings (SSSR count). The van der Waals surface area contributed by atoms with E-state index in [0.29, 0.717) is 17.9 Å². The SMILES string of the molecule is CCOC(=O)c1ccc(-n2c(C)cc(C=C3C(=O)NC(=S)N(c4cc(C)cc(C)c4)C3=O)c2C)cc1. The van der Waals surface area contributed by atoms with Gasteiger partial charge in [0, 0.05) is 17.1 Å². The van der Waals surface area contributed by atoms with Gasteiger partial charge in [0.1, 0.15) is 5.57 Å². The summed E-state index contributed by atoms with van der Waals surface area (Å²) in [4.78, 5) is 39.6. The number of nitrogens with zero attached hydrogens (tertiary/aromatic N) is 2.